The van der Waals surface area contributed by atoms with Gasteiger partial charge in [0.05, 0.1) is 39.0 Å². The first-order valence-corrected chi connectivity index (χ1v) is 17.7. The van der Waals surface area contributed by atoms with Gasteiger partial charge < -0.3 is 19.3 Å². The molecular formula is C40H44F3NO6. The summed E-state index contributed by atoms with van der Waals surface area (Å²) in [5, 5.41) is 10.9. The zero-order valence-electron chi connectivity index (χ0n) is 28.9. The van der Waals surface area contributed by atoms with Crippen molar-refractivity contribution in [1.82, 2.24) is 4.90 Å². The first-order valence-electron chi connectivity index (χ1n) is 17.7. The number of allylic oxidation sites excluding steroid dienone is 4. The minimum atomic E-state index is -4.59. The van der Waals surface area contributed by atoms with E-state index in [0.717, 1.165) is 37.0 Å². The Morgan fingerprint density at radius 3 is 2.46 bits per heavy atom. The molecule has 10 heteroatoms. The highest BCUT2D eigenvalue weighted by Crippen LogP contribution is 2.79. The molecule has 7 nitrogen and oxygen atoms in total. The van der Waals surface area contributed by atoms with Crippen LogP contribution in [-0.4, -0.2) is 54.4 Å². The van der Waals surface area contributed by atoms with Gasteiger partial charge in [0.15, 0.2) is 5.78 Å². The van der Waals surface area contributed by atoms with Crippen molar-refractivity contribution in [2.24, 2.45) is 33.5 Å². The molecular weight excluding hydrogens is 647 g/mol. The van der Waals surface area contributed by atoms with Gasteiger partial charge in [0, 0.05) is 39.0 Å². The third kappa shape index (κ3) is 4.32. The molecule has 0 aromatic heterocycles. The molecule has 266 valence electrons. The standard InChI is InChI=1S/C40H44F3NO6/c1-35-13-10-27(45)20-37(35)16-17-39(29(21-37)33(46)24-6-5-7-26(18-24)40(41,42)43)31(35)11-14-36(2)32(39)12-15-38(36)23-44(34(47)50-38)22-25-8-9-28(48-3)19-30(25)49-4/h5-9,16-19,21,27,31-32,45H,10-15,20,22-23H2,1-4H3. The zero-order valence-corrected chi connectivity index (χ0v) is 28.9. The SMILES string of the molecule is COc1ccc(CN2CC3(CCC4C56C=CC7(C=C5C(=O)c5cccc(C(F)(F)F)c5)CC(O)CCC7(C)C6CCC43C)OC2=O)c(OC)c1. The maximum absolute atomic E-state index is 14.7. The van der Waals surface area contributed by atoms with Crippen LogP contribution >= 0.6 is 0 Å². The second-order valence-corrected chi connectivity index (χ2v) is 16.1. The van der Waals surface area contributed by atoms with Gasteiger partial charge >= 0.3 is 12.3 Å². The van der Waals surface area contributed by atoms with Gasteiger partial charge in [-0.2, -0.15) is 13.2 Å². The number of methoxy groups -OCH3 is 2. The van der Waals surface area contributed by atoms with Crippen LogP contribution in [0.4, 0.5) is 18.0 Å². The minimum absolute atomic E-state index is 0.0153. The Morgan fingerprint density at radius 1 is 0.980 bits per heavy atom. The molecule has 9 rings (SSSR count). The maximum Gasteiger partial charge on any atom is 0.416 e. The fourth-order valence-corrected chi connectivity index (χ4v) is 11.7. The summed E-state index contributed by atoms with van der Waals surface area (Å²) in [6.07, 6.45) is 5.70. The van der Waals surface area contributed by atoms with Gasteiger partial charge in [0.25, 0.3) is 0 Å². The van der Waals surface area contributed by atoms with E-state index in [2.05, 4.69) is 26.0 Å². The highest BCUT2D eigenvalue weighted by Gasteiger charge is 2.76. The summed E-state index contributed by atoms with van der Waals surface area (Å²) >= 11 is 0. The Balaban J connectivity index is 1.20. The fraction of sp³-hybridized carbons (Fsp3) is 0.550. The van der Waals surface area contributed by atoms with Crippen LogP contribution in [0.25, 0.3) is 0 Å². The minimum Gasteiger partial charge on any atom is -0.497 e. The number of aliphatic hydroxyl groups excluding tert-OH is 1. The maximum atomic E-state index is 14.7. The van der Waals surface area contributed by atoms with Crippen LogP contribution in [0.3, 0.4) is 0 Å². The van der Waals surface area contributed by atoms with Crippen molar-refractivity contribution in [3.8, 4) is 11.5 Å². The van der Waals surface area contributed by atoms with E-state index in [0.29, 0.717) is 55.8 Å². The molecule has 1 amide bonds. The number of ketones is 1. The second-order valence-electron chi connectivity index (χ2n) is 16.1. The summed E-state index contributed by atoms with van der Waals surface area (Å²) in [7, 11) is 3.17. The van der Waals surface area contributed by atoms with Crippen LogP contribution < -0.4 is 9.47 Å². The van der Waals surface area contributed by atoms with Gasteiger partial charge in [-0.05, 0) is 86.5 Å². The number of Topliss-reactive ketones (excluding diaryl/α,β-unsaturated/α-hetero) is 1. The molecule has 0 radical (unpaired) electrons. The van der Waals surface area contributed by atoms with Gasteiger partial charge in [-0.25, -0.2) is 4.79 Å². The monoisotopic (exact) mass is 691 g/mol. The summed E-state index contributed by atoms with van der Waals surface area (Å²) in [4.78, 5) is 30.2. The van der Waals surface area contributed by atoms with E-state index in [-0.39, 0.29) is 22.8 Å². The van der Waals surface area contributed by atoms with Crippen LogP contribution in [0.2, 0.25) is 0 Å². The number of alkyl halides is 3. The summed E-state index contributed by atoms with van der Waals surface area (Å²) < 4.78 is 59.0. The number of amides is 1. The number of carbonyl (C=O) groups is 2. The summed E-state index contributed by atoms with van der Waals surface area (Å²) in [5.74, 6) is 0.798. The lowest BCUT2D eigenvalue weighted by Gasteiger charge is -2.71. The van der Waals surface area contributed by atoms with Crippen molar-refractivity contribution in [2.75, 3.05) is 20.8 Å². The quantitative estimate of drug-likeness (QED) is 0.243. The van der Waals surface area contributed by atoms with E-state index in [1.165, 1.54) is 12.1 Å². The van der Waals surface area contributed by atoms with Crippen molar-refractivity contribution in [3.05, 3.63) is 83.0 Å². The predicted molar refractivity (Wildman–Crippen MR) is 179 cm³/mol. The number of ether oxygens (including phenoxy) is 3. The van der Waals surface area contributed by atoms with Crippen molar-refractivity contribution >= 4 is 11.9 Å². The molecule has 1 N–H and O–H groups in total. The van der Waals surface area contributed by atoms with Crippen molar-refractivity contribution in [2.45, 2.75) is 83.2 Å². The molecule has 7 aliphatic rings. The molecule has 50 heavy (non-hydrogen) atoms. The number of hydrogen-bond donors (Lipinski definition) is 1. The number of carbonyl (C=O) groups excluding carboxylic acids is 2. The van der Waals surface area contributed by atoms with E-state index in [4.69, 9.17) is 14.2 Å². The lowest BCUT2D eigenvalue weighted by Crippen LogP contribution is -2.67. The first-order chi connectivity index (χ1) is 23.7. The zero-order chi connectivity index (χ0) is 35.5. The number of benzene rings is 2. The van der Waals surface area contributed by atoms with E-state index in [1.54, 1.807) is 25.2 Å². The number of halogens is 3. The third-order valence-corrected chi connectivity index (χ3v) is 14.2. The van der Waals surface area contributed by atoms with Crippen LogP contribution in [-0.2, 0) is 17.5 Å². The number of fused-ring (bicyclic) bond motifs is 2. The molecule has 2 aromatic carbocycles. The first kappa shape index (κ1) is 33.4. The van der Waals surface area contributed by atoms with Crippen LogP contribution in [0.5, 0.6) is 11.5 Å². The molecule has 3 spiro atoms. The molecule has 8 atom stereocenters. The van der Waals surface area contributed by atoms with Gasteiger partial charge in [-0.15, -0.1) is 0 Å². The Morgan fingerprint density at radius 2 is 1.72 bits per heavy atom. The summed E-state index contributed by atoms with van der Waals surface area (Å²) in [6.45, 7) is 5.16. The predicted octanol–water partition coefficient (Wildman–Crippen LogP) is 8.16. The number of aliphatic hydroxyl groups is 1. The van der Waals surface area contributed by atoms with Crippen molar-refractivity contribution < 1.29 is 42.1 Å². The second kappa shape index (κ2) is 10.9. The largest absolute Gasteiger partial charge is 0.497 e. The van der Waals surface area contributed by atoms with Gasteiger partial charge in [0.2, 0.25) is 0 Å². The fourth-order valence-electron chi connectivity index (χ4n) is 11.7. The van der Waals surface area contributed by atoms with E-state index < -0.39 is 51.6 Å². The molecule has 2 aromatic rings. The Kier molecular flexibility index (Phi) is 7.24. The smallest absolute Gasteiger partial charge is 0.416 e. The molecule has 4 fully saturated rings. The Hall–Kier alpha value is -3.79. The molecule has 2 bridgehead atoms. The van der Waals surface area contributed by atoms with Crippen LogP contribution in [0, 0.1) is 33.5 Å². The highest BCUT2D eigenvalue weighted by atomic mass is 19.4. The molecule has 6 aliphatic carbocycles. The number of rotatable bonds is 6. The average Bonchev–Trinajstić information content (AvgIpc) is 3.57. The molecule has 8 unspecified atom stereocenters. The van der Waals surface area contributed by atoms with E-state index >= 15 is 0 Å². The average molecular weight is 692 g/mol. The van der Waals surface area contributed by atoms with Gasteiger partial charge in [-0.3, -0.25) is 9.69 Å². The Labute approximate surface area is 290 Å². The number of hydrogen-bond acceptors (Lipinski definition) is 6. The van der Waals surface area contributed by atoms with Crippen LogP contribution in [0.15, 0.2) is 66.3 Å². The molecule has 1 aliphatic heterocycles. The number of nitrogens with zero attached hydrogens (tertiary/aromatic N) is 1. The third-order valence-electron chi connectivity index (χ3n) is 14.2. The lowest BCUT2D eigenvalue weighted by atomic mass is 9.32. The lowest BCUT2D eigenvalue weighted by molar-refractivity contribution is -0.164. The van der Waals surface area contributed by atoms with Gasteiger partial charge in [0.1, 0.15) is 17.1 Å². The highest BCUT2D eigenvalue weighted by molar-refractivity contribution is 6.10. The van der Waals surface area contributed by atoms with Crippen molar-refractivity contribution in [1.29, 1.82) is 0 Å². The Bertz CT molecular complexity index is 1840. The summed E-state index contributed by atoms with van der Waals surface area (Å²) in [6, 6.07) is 10.3. The van der Waals surface area contributed by atoms with Crippen LogP contribution in [0.1, 0.15) is 80.3 Å². The molecule has 1 heterocycles. The van der Waals surface area contributed by atoms with Crippen molar-refractivity contribution in [3.63, 3.8) is 0 Å². The van der Waals surface area contributed by atoms with Gasteiger partial charge in [-0.1, -0.05) is 44.2 Å². The summed E-state index contributed by atoms with van der Waals surface area (Å²) in [5.41, 5.74) is -2.40. The topological polar surface area (TPSA) is 85.3 Å². The normalized spacial score (nSPS) is 38.3. The molecule has 3 saturated carbocycles. The van der Waals surface area contributed by atoms with E-state index in [1.807, 2.05) is 18.2 Å². The molecule has 1 saturated heterocycles. The van der Waals surface area contributed by atoms with E-state index in [9.17, 15) is 27.9 Å².